The Morgan fingerprint density at radius 3 is 2.00 bits per heavy atom. The summed E-state index contributed by atoms with van der Waals surface area (Å²) in [6, 6.07) is 0. The number of nitrogens with one attached hydrogen (secondary N) is 1. The molecule has 0 aliphatic heterocycles. The molecule has 1 aromatic heterocycles. The number of amides is 1. The van der Waals surface area contributed by atoms with Gasteiger partial charge in [0.05, 0.1) is 5.41 Å². The molecule has 0 radical (unpaired) electrons. The van der Waals surface area contributed by atoms with Crippen molar-refractivity contribution in [3.63, 3.8) is 0 Å². The van der Waals surface area contributed by atoms with Crippen LogP contribution in [0.5, 0.6) is 0 Å². The van der Waals surface area contributed by atoms with E-state index in [2.05, 4.69) is 15.5 Å². The van der Waals surface area contributed by atoms with Crippen LogP contribution in [0.4, 0.5) is 5.13 Å². The van der Waals surface area contributed by atoms with Gasteiger partial charge in [-0.3, -0.25) is 10.1 Å². The van der Waals surface area contributed by atoms with Gasteiger partial charge in [-0.25, -0.2) is 13.6 Å². The zero-order valence-corrected chi connectivity index (χ0v) is 13.6. The van der Waals surface area contributed by atoms with E-state index in [1.54, 1.807) is 0 Å². The summed E-state index contributed by atoms with van der Waals surface area (Å²) in [6.45, 7) is 10.0. The Labute approximate surface area is 122 Å². The van der Waals surface area contributed by atoms with E-state index in [0.29, 0.717) is 0 Å². The van der Waals surface area contributed by atoms with Crippen LogP contribution < -0.4 is 10.5 Å². The van der Waals surface area contributed by atoms with Crippen molar-refractivity contribution in [2.75, 3.05) is 5.32 Å². The van der Waals surface area contributed by atoms with Gasteiger partial charge in [-0.05, 0) is 17.8 Å². The molecule has 0 unspecified atom stereocenters. The molecule has 20 heavy (non-hydrogen) atoms. The molecule has 3 N–H and O–H groups in total. The van der Waals surface area contributed by atoms with Gasteiger partial charge < -0.3 is 0 Å². The smallest absolute Gasteiger partial charge is 0.267 e. The number of anilines is 1. The third-order valence-electron chi connectivity index (χ3n) is 5.32. The largest absolute Gasteiger partial charge is 0.300 e. The first kappa shape index (κ1) is 15.3. The highest BCUT2D eigenvalue weighted by molar-refractivity contribution is 7.91. The van der Waals surface area contributed by atoms with E-state index in [0.717, 1.165) is 11.3 Å². The number of hydrogen-bond donors (Lipinski definition) is 2. The number of aromatic nitrogens is 2. The number of sulfonamides is 1. The van der Waals surface area contributed by atoms with Crippen LogP contribution in [-0.4, -0.2) is 24.5 Å². The summed E-state index contributed by atoms with van der Waals surface area (Å²) in [6.07, 6.45) is 0. The molecule has 9 heteroatoms. The lowest BCUT2D eigenvalue weighted by Gasteiger charge is -2.13. The second-order valence-corrected chi connectivity index (χ2v) is 8.96. The lowest BCUT2D eigenvalue weighted by molar-refractivity contribution is -0.122. The lowest BCUT2D eigenvalue weighted by Crippen LogP contribution is -2.27. The van der Waals surface area contributed by atoms with Crippen molar-refractivity contribution in [2.24, 2.45) is 21.4 Å². The van der Waals surface area contributed by atoms with Crippen molar-refractivity contribution in [3.8, 4) is 0 Å². The van der Waals surface area contributed by atoms with Crippen molar-refractivity contribution in [2.45, 2.75) is 39.0 Å². The van der Waals surface area contributed by atoms with Gasteiger partial charge in [0.25, 0.3) is 10.0 Å². The molecule has 1 fully saturated rings. The summed E-state index contributed by atoms with van der Waals surface area (Å²) in [5.74, 6) is -0.190. The molecule has 7 nitrogen and oxygen atoms in total. The van der Waals surface area contributed by atoms with Crippen LogP contribution in [0.15, 0.2) is 4.34 Å². The topological polar surface area (TPSA) is 115 Å². The molecule has 2 rings (SSSR count). The Balaban J connectivity index is 2.21. The lowest BCUT2D eigenvalue weighted by atomic mass is 9.96. The second kappa shape index (κ2) is 3.99. The minimum absolute atomic E-state index is 0.138. The fraction of sp³-hybridized carbons (Fsp3) is 0.727. The molecular formula is C11H18N4O3S2. The van der Waals surface area contributed by atoms with Crippen LogP contribution in [0.2, 0.25) is 0 Å². The summed E-state index contributed by atoms with van der Waals surface area (Å²) in [5.41, 5.74) is -0.859. The van der Waals surface area contributed by atoms with Gasteiger partial charge in [-0.2, -0.15) is 0 Å². The Kier molecular flexibility index (Phi) is 3.06. The van der Waals surface area contributed by atoms with E-state index < -0.39 is 15.4 Å². The number of nitrogens with two attached hydrogens (primary N) is 1. The normalized spacial score (nSPS) is 22.3. The highest BCUT2D eigenvalue weighted by Gasteiger charge is 2.78. The number of nitrogens with zero attached hydrogens (tertiary/aromatic N) is 2. The zero-order chi connectivity index (χ0) is 15.6. The van der Waals surface area contributed by atoms with Gasteiger partial charge in [0, 0.05) is 0 Å². The monoisotopic (exact) mass is 318 g/mol. The summed E-state index contributed by atoms with van der Waals surface area (Å²) in [7, 11) is -3.89. The average Bonchev–Trinajstić information content (AvgIpc) is 2.69. The molecule has 0 aromatic carbocycles. The summed E-state index contributed by atoms with van der Waals surface area (Å²) < 4.78 is 21.9. The fourth-order valence-electron chi connectivity index (χ4n) is 2.76. The minimum Gasteiger partial charge on any atom is -0.300 e. The molecule has 1 aliphatic rings. The quantitative estimate of drug-likeness (QED) is 0.812. The average molecular weight is 318 g/mol. The van der Waals surface area contributed by atoms with E-state index >= 15 is 0 Å². The molecule has 0 bridgehead atoms. The highest BCUT2D eigenvalue weighted by atomic mass is 32.2. The first-order valence-corrected chi connectivity index (χ1v) is 8.40. The van der Waals surface area contributed by atoms with Crippen LogP contribution in [-0.2, 0) is 14.8 Å². The summed E-state index contributed by atoms with van der Waals surface area (Å²) in [4.78, 5) is 12.4. The molecule has 112 valence electrons. The Morgan fingerprint density at radius 1 is 1.15 bits per heavy atom. The zero-order valence-electron chi connectivity index (χ0n) is 12.0. The van der Waals surface area contributed by atoms with E-state index in [1.807, 2.05) is 34.6 Å². The Bertz CT molecular complexity index is 662. The first-order valence-electron chi connectivity index (χ1n) is 6.03. The van der Waals surface area contributed by atoms with Gasteiger partial charge in [0.15, 0.2) is 0 Å². The molecule has 1 heterocycles. The molecule has 1 amide bonds. The van der Waals surface area contributed by atoms with Crippen molar-refractivity contribution >= 4 is 32.4 Å². The molecule has 1 saturated carbocycles. The van der Waals surface area contributed by atoms with Gasteiger partial charge in [0.2, 0.25) is 15.4 Å². The fourth-order valence-corrected chi connectivity index (χ4v) is 4.09. The van der Waals surface area contributed by atoms with Crippen LogP contribution in [0.1, 0.15) is 34.6 Å². The summed E-state index contributed by atoms with van der Waals surface area (Å²) >= 11 is 0.745. The molecule has 0 spiro atoms. The maximum Gasteiger partial charge on any atom is 0.267 e. The number of hydrogen-bond acceptors (Lipinski definition) is 6. The van der Waals surface area contributed by atoms with Crippen LogP contribution in [0.25, 0.3) is 0 Å². The third-order valence-corrected chi connectivity index (χ3v) is 7.47. The molecule has 1 aliphatic carbocycles. The SMILES string of the molecule is CC1(C)C(C)(C)C1(C)C(=O)Nc1nnc(S(N)(=O)=O)s1. The van der Waals surface area contributed by atoms with Crippen LogP contribution >= 0.6 is 11.3 Å². The highest BCUT2D eigenvalue weighted by Crippen LogP contribution is 2.77. The van der Waals surface area contributed by atoms with Crippen molar-refractivity contribution in [1.29, 1.82) is 0 Å². The van der Waals surface area contributed by atoms with Gasteiger partial charge >= 0.3 is 0 Å². The predicted octanol–water partition coefficient (Wildman–Crippen LogP) is 1.20. The molecule has 1 aromatic rings. The number of rotatable bonds is 3. The number of carbonyl (C=O) groups is 1. The van der Waals surface area contributed by atoms with Gasteiger partial charge in [0.1, 0.15) is 0 Å². The standard InChI is InChI=1S/C11H18N4O3S2/c1-9(2)10(3,4)11(9,5)6(16)13-7-14-15-8(19-7)20(12,17)18/h1-5H3,(H2,12,17,18)(H,13,14,16). The molecule has 0 saturated heterocycles. The summed E-state index contributed by atoms with van der Waals surface area (Å²) in [5, 5.41) is 14.8. The minimum atomic E-state index is -3.89. The maximum absolute atomic E-state index is 12.4. The van der Waals surface area contributed by atoms with Crippen molar-refractivity contribution in [3.05, 3.63) is 0 Å². The number of carbonyl (C=O) groups excluding carboxylic acids is 1. The molecule has 0 atom stereocenters. The van der Waals surface area contributed by atoms with E-state index in [9.17, 15) is 13.2 Å². The molecular weight excluding hydrogens is 300 g/mol. The predicted molar refractivity (Wildman–Crippen MR) is 75.6 cm³/mol. The van der Waals surface area contributed by atoms with E-state index in [4.69, 9.17) is 5.14 Å². The third kappa shape index (κ3) is 1.80. The number of primary sulfonamides is 1. The second-order valence-electron chi connectivity index (χ2n) is 6.25. The maximum atomic E-state index is 12.4. The Morgan fingerprint density at radius 2 is 1.65 bits per heavy atom. The van der Waals surface area contributed by atoms with E-state index in [1.165, 1.54) is 0 Å². The van der Waals surface area contributed by atoms with Gasteiger partial charge in [-0.1, -0.05) is 39.0 Å². The van der Waals surface area contributed by atoms with Crippen LogP contribution in [0, 0.1) is 16.2 Å². The van der Waals surface area contributed by atoms with Gasteiger partial charge in [-0.15, -0.1) is 10.2 Å². The van der Waals surface area contributed by atoms with E-state index in [-0.39, 0.29) is 26.2 Å². The Hall–Kier alpha value is -1.06. The van der Waals surface area contributed by atoms with Crippen molar-refractivity contribution < 1.29 is 13.2 Å². The van der Waals surface area contributed by atoms with Crippen molar-refractivity contribution in [1.82, 2.24) is 10.2 Å². The first-order chi connectivity index (χ1) is 8.85. The van der Waals surface area contributed by atoms with Crippen LogP contribution in [0.3, 0.4) is 0 Å².